The van der Waals surface area contributed by atoms with Crippen molar-refractivity contribution in [2.24, 2.45) is 0 Å². The predicted molar refractivity (Wildman–Crippen MR) is 99.5 cm³/mol. The molecule has 2 fully saturated rings. The summed E-state index contributed by atoms with van der Waals surface area (Å²) in [4.78, 5) is 12.1. The van der Waals surface area contributed by atoms with E-state index < -0.39 is 0 Å². The molecule has 0 radical (unpaired) electrons. The van der Waals surface area contributed by atoms with Crippen molar-refractivity contribution in [1.29, 1.82) is 0 Å². The summed E-state index contributed by atoms with van der Waals surface area (Å²) in [5, 5.41) is 3.56. The van der Waals surface area contributed by atoms with Gasteiger partial charge in [-0.15, -0.1) is 0 Å². The highest BCUT2D eigenvalue weighted by atomic mass is 79.9. The van der Waals surface area contributed by atoms with Gasteiger partial charge in [0.25, 0.3) is 0 Å². The van der Waals surface area contributed by atoms with Gasteiger partial charge in [0.1, 0.15) is 17.5 Å². The highest BCUT2D eigenvalue weighted by Crippen LogP contribution is 2.40. The Morgan fingerprint density at radius 1 is 1.04 bits per heavy atom. The van der Waals surface area contributed by atoms with Crippen molar-refractivity contribution in [3.8, 4) is 0 Å². The molecular formula is C19H21BrN4. The number of aromatic nitrogens is 2. The highest BCUT2D eigenvalue weighted by molar-refractivity contribution is 9.10. The monoisotopic (exact) mass is 384 g/mol. The van der Waals surface area contributed by atoms with E-state index in [1.807, 2.05) is 0 Å². The number of nitrogens with one attached hydrogen (secondary N) is 1. The third-order valence-corrected chi connectivity index (χ3v) is 5.60. The second-order valence-electron chi connectivity index (χ2n) is 7.25. The van der Waals surface area contributed by atoms with Gasteiger partial charge in [-0.3, -0.25) is 0 Å². The largest absolute Gasteiger partial charge is 0.367 e. The third-order valence-electron chi connectivity index (χ3n) is 5.11. The molecule has 0 atom stereocenters. The first-order valence-electron chi connectivity index (χ1n) is 8.92. The zero-order chi connectivity index (χ0) is 16.1. The van der Waals surface area contributed by atoms with E-state index in [1.54, 1.807) is 0 Å². The van der Waals surface area contributed by atoms with Crippen molar-refractivity contribution in [1.82, 2.24) is 9.97 Å². The lowest BCUT2D eigenvalue weighted by Crippen LogP contribution is -2.31. The smallest absolute Gasteiger partial charge is 0.136 e. The van der Waals surface area contributed by atoms with Crippen molar-refractivity contribution >= 4 is 27.6 Å². The van der Waals surface area contributed by atoms with Crippen molar-refractivity contribution < 1.29 is 0 Å². The average Bonchev–Trinajstić information content (AvgIpc) is 3.47. The summed E-state index contributed by atoms with van der Waals surface area (Å²) in [6.07, 6.45) is 6.09. The number of halogens is 1. The summed E-state index contributed by atoms with van der Waals surface area (Å²) in [6.45, 7) is 1.96. The number of benzene rings is 1. The molecular weight excluding hydrogens is 364 g/mol. The van der Waals surface area contributed by atoms with Gasteiger partial charge in [-0.2, -0.15) is 0 Å². The molecule has 5 heteroatoms. The molecule has 0 spiro atoms. The van der Waals surface area contributed by atoms with E-state index in [0.29, 0.717) is 12.0 Å². The van der Waals surface area contributed by atoms with E-state index >= 15 is 0 Å². The number of hydrogen-bond donors (Lipinski definition) is 1. The van der Waals surface area contributed by atoms with E-state index in [4.69, 9.17) is 9.97 Å². The van der Waals surface area contributed by atoms with Crippen LogP contribution >= 0.6 is 15.9 Å². The molecule has 24 heavy (non-hydrogen) atoms. The minimum Gasteiger partial charge on any atom is -0.367 e. The first kappa shape index (κ1) is 14.7. The van der Waals surface area contributed by atoms with Crippen LogP contribution in [0.4, 0.5) is 11.6 Å². The van der Waals surface area contributed by atoms with Gasteiger partial charge in [0.15, 0.2) is 0 Å². The number of hydrogen-bond acceptors (Lipinski definition) is 4. The van der Waals surface area contributed by atoms with Gasteiger partial charge in [-0.1, -0.05) is 22.0 Å². The summed E-state index contributed by atoms with van der Waals surface area (Å²) in [7, 11) is 0. The van der Waals surface area contributed by atoms with Crippen LogP contribution in [0.1, 0.15) is 48.6 Å². The predicted octanol–water partition coefficient (Wildman–Crippen LogP) is 4.25. The van der Waals surface area contributed by atoms with Crippen LogP contribution in [0.5, 0.6) is 0 Å². The van der Waals surface area contributed by atoms with Gasteiger partial charge in [0.05, 0.1) is 0 Å². The normalized spacial score (nSPS) is 20.0. The molecule has 2 aromatic rings. The fraction of sp³-hybridized carbons (Fsp3) is 0.474. The van der Waals surface area contributed by atoms with E-state index in [-0.39, 0.29) is 0 Å². The first-order chi connectivity index (χ1) is 11.7. The van der Waals surface area contributed by atoms with Crippen LogP contribution in [0.25, 0.3) is 0 Å². The van der Waals surface area contributed by atoms with Crippen LogP contribution in [0.3, 0.4) is 0 Å². The summed E-state index contributed by atoms with van der Waals surface area (Å²) in [5.74, 6) is 3.72. The maximum atomic E-state index is 4.91. The maximum Gasteiger partial charge on any atom is 0.136 e. The summed E-state index contributed by atoms with van der Waals surface area (Å²) in [6, 6.07) is 9.40. The van der Waals surface area contributed by atoms with Crippen LogP contribution < -0.4 is 10.2 Å². The van der Waals surface area contributed by atoms with E-state index in [0.717, 1.165) is 41.4 Å². The number of anilines is 2. The van der Waals surface area contributed by atoms with Gasteiger partial charge in [0, 0.05) is 35.6 Å². The molecule has 124 valence electrons. The van der Waals surface area contributed by atoms with E-state index in [1.165, 1.54) is 36.8 Å². The Labute approximate surface area is 150 Å². The number of rotatable bonds is 4. The Morgan fingerprint density at radius 2 is 1.92 bits per heavy atom. The van der Waals surface area contributed by atoms with Gasteiger partial charge < -0.3 is 10.2 Å². The standard InChI is InChI=1S/C19H21BrN4/c20-15-4-3-12-7-8-24(11-14(12)9-15)18-10-17(21-16-5-6-16)22-19(23-18)13-1-2-13/h3-4,9-10,13,16H,1-2,5-8,11H2,(H,21,22,23). The molecule has 5 rings (SSSR count). The molecule has 3 aliphatic rings. The Kier molecular flexibility index (Phi) is 3.51. The molecule has 4 nitrogen and oxygen atoms in total. The minimum atomic E-state index is 0.580. The second-order valence-corrected chi connectivity index (χ2v) is 8.16. The van der Waals surface area contributed by atoms with Gasteiger partial charge in [0.2, 0.25) is 0 Å². The van der Waals surface area contributed by atoms with Crippen molar-refractivity contribution in [2.75, 3.05) is 16.8 Å². The summed E-state index contributed by atoms with van der Waals surface area (Å²) in [5.41, 5.74) is 2.86. The molecule has 2 aliphatic carbocycles. The number of fused-ring (bicyclic) bond motifs is 1. The SMILES string of the molecule is Brc1ccc2c(c1)CN(c1cc(NC3CC3)nc(C3CC3)n1)CC2. The quantitative estimate of drug-likeness (QED) is 0.854. The molecule has 1 aliphatic heterocycles. The topological polar surface area (TPSA) is 41.0 Å². The number of nitrogens with zero attached hydrogens (tertiary/aromatic N) is 3. The lowest BCUT2D eigenvalue weighted by Gasteiger charge is -2.30. The Morgan fingerprint density at radius 3 is 2.71 bits per heavy atom. The van der Waals surface area contributed by atoms with Crippen molar-refractivity contribution in [3.05, 3.63) is 45.7 Å². The zero-order valence-corrected chi connectivity index (χ0v) is 15.2. The molecule has 0 bridgehead atoms. The third kappa shape index (κ3) is 3.02. The molecule has 2 heterocycles. The lowest BCUT2D eigenvalue weighted by molar-refractivity contribution is 0.713. The molecule has 0 amide bonds. The van der Waals surface area contributed by atoms with Gasteiger partial charge >= 0.3 is 0 Å². The van der Waals surface area contributed by atoms with Crippen LogP contribution in [-0.4, -0.2) is 22.6 Å². The second kappa shape index (κ2) is 5.73. The van der Waals surface area contributed by atoms with E-state index in [2.05, 4.69) is 50.4 Å². The van der Waals surface area contributed by atoms with Crippen LogP contribution in [0.15, 0.2) is 28.7 Å². The Hall–Kier alpha value is -1.62. The van der Waals surface area contributed by atoms with Crippen molar-refractivity contribution in [2.45, 2.75) is 50.6 Å². The van der Waals surface area contributed by atoms with Crippen molar-refractivity contribution in [3.63, 3.8) is 0 Å². The summed E-state index contributed by atoms with van der Waals surface area (Å²) < 4.78 is 1.15. The van der Waals surface area contributed by atoms with Gasteiger partial charge in [-0.25, -0.2) is 9.97 Å². The fourth-order valence-electron chi connectivity index (χ4n) is 3.37. The highest BCUT2D eigenvalue weighted by Gasteiger charge is 2.29. The Bertz CT molecular complexity index is 783. The van der Waals surface area contributed by atoms with E-state index in [9.17, 15) is 0 Å². The Balaban J connectivity index is 1.46. The average molecular weight is 385 g/mol. The molecule has 0 unspecified atom stereocenters. The van der Waals surface area contributed by atoms with Crippen LogP contribution in [-0.2, 0) is 13.0 Å². The molecule has 1 aromatic carbocycles. The van der Waals surface area contributed by atoms with Crippen LogP contribution in [0.2, 0.25) is 0 Å². The molecule has 0 saturated heterocycles. The zero-order valence-electron chi connectivity index (χ0n) is 13.6. The minimum absolute atomic E-state index is 0.580. The first-order valence-corrected chi connectivity index (χ1v) is 9.72. The molecule has 1 aromatic heterocycles. The fourth-order valence-corrected chi connectivity index (χ4v) is 3.78. The maximum absolute atomic E-state index is 4.91. The molecule has 1 N–H and O–H groups in total. The van der Waals surface area contributed by atoms with Gasteiger partial charge in [-0.05, 0) is 55.4 Å². The summed E-state index contributed by atoms with van der Waals surface area (Å²) >= 11 is 3.60. The van der Waals surface area contributed by atoms with Crippen LogP contribution in [0, 0.1) is 0 Å². The molecule has 2 saturated carbocycles. The lowest BCUT2D eigenvalue weighted by atomic mass is 10.00.